The van der Waals surface area contributed by atoms with Gasteiger partial charge in [0.1, 0.15) is 11.9 Å². The highest BCUT2D eigenvalue weighted by Gasteiger charge is 2.12. The van der Waals surface area contributed by atoms with Crippen molar-refractivity contribution in [1.82, 2.24) is 9.97 Å². The number of benzene rings is 2. The van der Waals surface area contributed by atoms with Gasteiger partial charge in [0.25, 0.3) is 0 Å². The van der Waals surface area contributed by atoms with Crippen molar-refractivity contribution in [2.24, 2.45) is 0 Å². The summed E-state index contributed by atoms with van der Waals surface area (Å²) in [4.78, 5) is 7.51. The van der Waals surface area contributed by atoms with E-state index in [1.165, 1.54) is 13.2 Å². The van der Waals surface area contributed by atoms with Crippen LogP contribution in [0.1, 0.15) is 11.4 Å². The number of methoxy groups -OCH3 is 1. The lowest BCUT2D eigenvalue weighted by Gasteiger charge is -2.09. The minimum absolute atomic E-state index is 0.0781. The van der Waals surface area contributed by atoms with Crippen LogP contribution in [0, 0.1) is 11.3 Å². The molecule has 0 amide bonds. The average molecular weight is 369 g/mol. The molecule has 8 heteroatoms. The Hall–Kier alpha value is -3.31. The van der Waals surface area contributed by atoms with Crippen LogP contribution in [0.3, 0.4) is 0 Å². The summed E-state index contributed by atoms with van der Waals surface area (Å²) < 4.78 is 32.7. The molecule has 2 aromatic carbocycles. The molecule has 0 saturated heterocycles. The fourth-order valence-corrected chi connectivity index (χ4v) is 2.87. The van der Waals surface area contributed by atoms with Crippen LogP contribution in [0.2, 0.25) is 0 Å². The number of H-pyrrole nitrogens is 1. The minimum atomic E-state index is -3.67. The van der Waals surface area contributed by atoms with Crippen molar-refractivity contribution in [2.45, 2.75) is 0 Å². The number of hydrogen-bond acceptors (Lipinski definition) is 6. The molecule has 3 rings (SSSR count). The molecule has 7 nitrogen and oxygen atoms in total. The summed E-state index contributed by atoms with van der Waals surface area (Å²) in [5, 5.41) is 9.49. The van der Waals surface area contributed by atoms with Crippen LogP contribution >= 0.6 is 0 Å². The lowest BCUT2D eigenvalue weighted by atomic mass is 10.1. The Bertz CT molecular complexity index is 1110. The second kappa shape index (κ2) is 6.90. The second-order valence-corrected chi connectivity index (χ2v) is 7.05. The quantitative estimate of drug-likeness (QED) is 0.547. The van der Waals surface area contributed by atoms with Crippen LogP contribution in [-0.2, 0) is 10.1 Å². The van der Waals surface area contributed by atoms with Gasteiger partial charge in [0.15, 0.2) is 11.5 Å². The predicted octanol–water partition coefficient (Wildman–Crippen LogP) is 2.97. The molecular weight excluding hydrogens is 354 g/mol. The first-order valence-electron chi connectivity index (χ1n) is 7.54. The fraction of sp³-hybridized carbons (Fsp3) is 0.111. The van der Waals surface area contributed by atoms with Crippen molar-refractivity contribution >= 4 is 32.8 Å². The van der Waals surface area contributed by atoms with Gasteiger partial charge in [-0.2, -0.15) is 13.7 Å². The topological polar surface area (TPSA) is 105 Å². The Labute approximate surface area is 150 Å². The van der Waals surface area contributed by atoms with E-state index >= 15 is 0 Å². The van der Waals surface area contributed by atoms with Gasteiger partial charge in [-0.15, -0.1) is 0 Å². The Morgan fingerprint density at radius 1 is 1.23 bits per heavy atom. The zero-order valence-electron chi connectivity index (χ0n) is 14.1. The monoisotopic (exact) mass is 369 g/mol. The molecule has 132 valence electrons. The van der Waals surface area contributed by atoms with Gasteiger partial charge in [0.2, 0.25) is 0 Å². The maximum atomic E-state index is 11.3. The van der Waals surface area contributed by atoms with Crippen LogP contribution in [0.5, 0.6) is 11.5 Å². The Kier molecular flexibility index (Phi) is 4.65. The van der Waals surface area contributed by atoms with Gasteiger partial charge in [-0.1, -0.05) is 18.2 Å². The Morgan fingerprint density at radius 2 is 2.00 bits per heavy atom. The van der Waals surface area contributed by atoms with E-state index in [9.17, 15) is 13.7 Å². The summed E-state index contributed by atoms with van der Waals surface area (Å²) in [6, 6.07) is 14.3. The zero-order valence-corrected chi connectivity index (χ0v) is 14.9. The number of ether oxygens (including phenoxy) is 1. The van der Waals surface area contributed by atoms with Gasteiger partial charge >= 0.3 is 10.1 Å². The summed E-state index contributed by atoms with van der Waals surface area (Å²) in [5.41, 5.74) is 2.57. The number of nitrogens with zero attached hydrogens (tertiary/aromatic N) is 2. The van der Waals surface area contributed by atoms with Crippen molar-refractivity contribution in [2.75, 3.05) is 13.4 Å². The molecule has 1 aromatic heterocycles. The number of allylic oxidation sites excluding steroid dienone is 1. The number of hydrogen-bond donors (Lipinski definition) is 1. The average Bonchev–Trinajstić information content (AvgIpc) is 3.03. The first kappa shape index (κ1) is 17.5. The van der Waals surface area contributed by atoms with E-state index in [1.807, 2.05) is 24.3 Å². The first-order chi connectivity index (χ1) is 12.4. The summed E-state index contributed by atoms with van der Waals surface area (Å²) in [7, 11) is -2.27. The SMILES string of the molecule is COc1cc(/C=C(\C#N)c2nc3ccccc3[nH]2)ccc1OS(C)(=O)=O. The van der Waals surface area contributed by atoms with E-state index in [0.717, 1.165) is 17.3 Å². The molecule has 0 saturated carbocycles. The van der Waals surface area contributed by atoms with Crippen LogP contribution < -0.4 is 8.92 Å². The van der Waals surface area contributed by atoms with Crippen LogP contribution in [0.25, 0.3) is 22.7 Å². The van der Waals surface area contributed by atoms with Crippen molar-refractivity contribution in [3.8, 4) is 17.6 Å². The largest absolute Gasteiger partial charge is 0.493 e. The molecule has 0 unspecified atom stereocenters. The zero-order chi connectivity index (χ0) is 18.7. The number of fused-ring (bicyclic) bond motifs is 1. The van der Waals surface area contributed by atoms with E-state index in [-0.39, 0.29) is 11.5 Å². The van der Waals surface area contributed by atoms with E-state index in [4.69, 9.17) is 8.92 Å². The molecule has 0 fully saturated rings. The number of nitrogens with one attached hydrogen (secondary N) is 1. The van der Waals surface area contributed by atoms with Gasteiger partial charge < -0.3 is 13.9 Å². The standard InChI is InChI=1S/C18H15N3O4S/c1-24-17-10-12(7-8-16(17)25-26(2,22)23)9-13(11-19)18-20-14-5-3-4-6-15(14)21-18/h3-10H,1-2H3,(H,20,21)/b13-9+. The van der Waals surface area contributed by atoms with Crippen molar-refractivity contribution in [1.29, 1.82) is 5.26 Å². The van der Waals surface area contributed by atoms with Crippen molar-refractivity contribution < 1.29 is 17.3 Å². The molecule has 0 bridgehead atoms. The van der Waals surface area contributed by atoms with E-state index < -0.39 is 10.1 Å². The molecule has 1 N–H and O–H groups in total. The maximum absolute atomic E-state index is 11.3. The maximum Gasteiger partial charge on any atom is 0.306 e. The summed E-state index contributed by atoms with van der Waals surface area (Å²) in [5.74, 6) is 0.768. The number of para-hydroxylation sites is 2. The molecule has 1 heterocycles. The van der Waals surface area contributed by atoms with Gasteiger partial charge in [-0.05, 0) is 35.9 Å². The molecule has 0 aliphatic heterocycles. The first-order valence-corrected chi connectivity index (χ1v) is 9.35. The van der Waals surface area contributed by atoms with Crippen molar-refractivity contribution in [3.05, 3.63) is 53.9 Å². The molecule has 0 radical (unpaired) electrons. The summed E-state index contributed by atoms with van der Waals surface area (Å²) >= 11 is 0. The summed E-state index contributed by atoms with van der Waals surface area (Å²) in [6.45, 7) is 0. The number of imidazole rings is 1. The lowest BCUT2D eigenvalue weighted by Crippen LogP contribution is -2.06. The molecule has 26 heavy (non-hydrogen) atoms. The smallest absolute Gasteiger partial charge is 0.306 e. The van der Waals surface area contributed by atoms with Gasteiger partial charge in [0, 0.05) is 0 Å². The molecule has 0 aliphatic rings. The minimum Gasteiger partial charge on any atom is -0.493 e. The predicted molar refractivity (Wildman–Crippen MR) is 98.0 cm³/mol. The van der Waals surface area contributed by atoms with E-state index in [1.54, 1.807) is 18.2 Å². The van der Waals surface area contributed by atoms with E-state index in [2.05, 4.69) is 16.0 Å². The van der Waals surface area contributed by atoms with Gasteiger partial charge in [-0.25, -0.2) is 4.98 Å². The van der Waals surface area contributed by atoms with Crippen LogP contribution in [-0.4, -0.2) is 31.8 Å². The normalized spacial score (nSPS) is 12.0. The molecule has 3 aromatic rings. The highest BCUT2D eigenvalue weighted by molar-refractivity contribution is 7.86. The second-order valence-electron chi connectivity index (χ2n) is 5.47. The van der Waals surface area contributed by atoms with E-state index in [0.29, 0.717) is 17.0 Å². The molecule has 0 spiro atoms. The fourth-order valence-electron chi connectivity index (χ4n) is 2.41. The van der Waals surface area contributed by atoms with Crippen LogP contribution in [0.4, 0.5) is 0 Å². The number of nitriles is 1. The summed E-state index contributed by atoms with van der Waals surface area (Å²) in [6.07, 6.45) is 2.58. The Balaban J connectivity index is 2.00. The molecule has 0 aliphatic carbocycles. The molecular formula is C18H15N3O4S. The van der Waals surface area contributed by atoms with Gasteiger partial charge in [-0.3, -0.25) is 0 Å². The number of aromatic amines is 1. The highest BCUT2D eigenvalue weighted by Crippen LogP contribution is 2.30. The number of rotatable bonds is 5. The van der Waals surface area contributed by atoms with Crippen molar-refractivity contribution in [3.63, 3.8) is 0 Å². The third-order valence-corrected chi connectivity index (χ3v) is 3.99. The highest BCUT2D eigenvalue weighted by atomic mass is 32.2. The van der Waals surface area contributed by atoms with Crippen LogP contribution in [0.15, 0.2) is 42.5 Å². The molecule has 0 atom stereocenters. The Morgan fingerprint density at radius 3 is 2.65 bits per heavy atom. The number of aromatic nitrogens is 2. The third kappa shape index (κ3) is 3.84. The lowest BCUT2D eigenvalue weighted by molar-refractivity contribution is 0.391. The van der Waals surface area contributed by atoms with Gasteiger partial charge in [0.05, 0.1) is 30.0 Å². The third-order valence-electron chi connectivity index (χ3n) is 3.50.